The maximum absolute atomic E-state index is 5.48. The monoisotopic (exact) mass is 223 g/mol. The minimum absolute atomic E-state index is 0.528. The van der Waals surface area contributed by atoms with E-state index in [2.05, 4.69) is 22.3 Å². The predicted octanol–water partition coefficient (Wildman–Crippen LogP) is 2.41. The fraction of sp³-hybridized carbons (Fsp3) is 0.111. The molecule has 0 aliphatic carbocycles. The Bertz CT molecular complexity index is 399. The molecule has 0 aliphatic heterocycles. The van der Waals surface area contributed by atoms with E-state index in [4.69, 9.17) is 5.73 Å². The lowest BCUT2D eigenvalue weighted by Crippen LogP contribution is -1.80. The Hall–Kier alpha value is -1.07. The van der Waals surface area contributed by atoms with Crippen molar-refractivity contribution in [1.29, 1.82) is 0 Å². The second-order valence-electron chi connectivity index (χ2n) is 2.68. The lowest BCUT2D eigenvalue weighted by Gasteiger charge is -1.96. The van der Waals surface area contributed by atoms with E-state index >= 15 is 0 Å². The molecule has 0 spiro atoms. The molecule has 1 aromatic carbocycles. The van der Waals surface area contributed by atoms with Gasteiger partial charge in [-0.15, -0.1) is 10.2 Å². The van der Waals surface area contributed by atoms with E-state index < -0.39 is 0 Å². The first-order valence-electron chi connectivity index (χ1n) is 4.10. The quantitative estimate of drug-likeness (QED) is 0.812. The van der Waals surface area contributed by atoms with E-state index in [-0.39, 0.29) is 0 Å². The summed E-state index contributed by atoms with van der Waals surface area (Å²) in [4.78, 5) is 0. The number of benzene rings is 1. The SMILES string of the molecule is Nc1nnc(SCc2ccccc2)s1. The van der Waals surface area contributed by atoms with E-state index in [1.807, 2.05) is 18.2 Å². The molecule has 0 atom stereocenters. The third kappa shape index (κ3) is 2.46. The molecule has 0 amide bonds. The van der Waals surface area contributed by atoms with Crippen molar-refractivity contribution in [2.75, 3.05) is 5.73 Å². The summed E-state index contributed by atoms with van der Waals surface area (Å²) < 4.78 is 0.923. The van der Waals surface area contributed by atoms with Crippen molar-refractivity contribution in [3.8, 4) is 0 Å². The average molecular weight is 223 g/mol. The van der Waals surface area contributed by atoms with E-state index in [9.17, 15) is 0 Å². The number of nitrogens with zero attached hydrogens (tertiary/aromatic N) is 2. The van der Waals surface area contributed by atoms with Crippen LogP contribution in [0.25, 0.3) is 0 Å². The number of aromatic nitrogens is 2. The zero-order valence-electron chi connectivity index (χ0n) is 7.38. The van der Waals surface area contributed by atoms with E-state index in [0.29, 0.717) is 5.13 Å². The number of rotatable bonds is 3. The van der Waals surface area contributed by atoms with Gasteiger partial charge in [-0.3, -0.25) is 0 Å². The smallest absolute Gasteiger partial charge is 0.203 e. The highest BCUT2D eigenvalue weighted by molar-refractivity contribution is 8.00. The van der Waals surface area contributed by atoms with Gasteiger partial charge in [0.2, 0.25) is 5.13 Å². The van der Waals surface area contributed by atoms with Crippen molar-refractivity contribution in [3.05, 3.63) is 35.9 Å². The molecular formula is C9H9N3S2. The van der Waals surface area contributed by atoms with Crippen LogP contribution >= 0.6 is 23.1 Å². The zero-order valence-corrected chi connectivity index (χ0v) is 9.02. The molecule has 3 nitrogen and oxygen atoms in total. The van der Waals surface area contributed by atoms with Crippen LogP contribution in [0.15, 0.2) is 34.7 Å². The van der Waals surface area contributed by atoms with Gasteiger partial charge in [0.15, 0.2) is 4.34 Å². The molecule has 2 rings (SSSR count). The van der Waals surface area contributed by atoms with Gasteiger partial charge in [-0.05, 0) is 5.56 Å². The molecule has 0 fully saturated rings. The number of nitrogens with two attached hydrogens (primary N) is 1. The topological polar surface area (TPSA) is 51.8 Å². The van der Waals surface area contributed by atoms with Gasteiger partial charge in [-0.2, -0.15) is 0 Å². The molecule has 5 heteroatoms. The minimum atomic E-state index is 0.528. The molecule has 1 heterocycles. The van der Waals surface area contributed by atoms with Crippen molar-refractivity contribution in [1.82, 2.24) is 10.2 Å². The van der Waals surface area contributed by atoms with Crippen LogP contribution in [0.5, 0.6) is 0 Å². The Morgan fingerprint density at radius 3 is 2.64 bits per heavy atom. The predicted molar refractivity (Wildman–Crippen MR) is 60.3 cm³/mol. The van der Waals surface area contributed by atoms with E-state index in [0.717, 1.165) is 10.1 Å². The molecule has 14 heavy (non-hydrogen) atoms. The van der Waals surface area contributed by atoms with Gasteiger partial charge in [0.05, 0.1) is 0 Å². The summed E-state index contributed by atoms with van der Waals surface area (Å²) in [5.74, 6) is 0.912. The lowest BCUT2D eigenvalue weighted by molar-refractivity contribution is 1.02. The Morgan fingerprint density at radius 1 is 1.21 bits per heavy atom. The average Bonchev–Trinajstić information content (AvgIpc) is 2.63. The standard InChI is InChI=1S/C9H9N3S2/c10-8-11-12-9(14-8)13-6-7-4-2-1-3-5-7/h1-5H,6H2,(H2,10,11). The van der Waals surface area contributed by atoms with Crippen molar-refractivity contribution in [2.45, 2.75) is 10.1 Å². The number of nitrogen functional groups attached to an aromatic ring is 1. The van der Waals surface area contributed by atoms with Gasteiger partial charge in [-0.1, -0.05) is 53.4 Å². The van der Waals surface area contributed by atoms with Gasteiger partial charge in [0, 0.05) is 5.75 Å². The van der Waals surface area contributed by atoms with Gasteiger partial charge in [-0.25, -0.2) is 0 Å². The highest BCUT2D eigenvalue weighted by Gasteiger charge is 2.01. The first kappa shape index (κ1) is 9.48. The highest BCUT2D eigenvalue weighted by atomic mass is 32.2. The van der Waals surface area contributed by atoms with Crippen LogP contribution < -0.4 is 5.73 Å². The summed E-state index contributed by atoms with van der Waals surface area (Å²) in [6, 6.07) is 10.3. The molecule has 0 saturated heterocycles. The number of hydrogen-bond acceptors (Lipinski definition) is 5. The van der Waals surface area contributed by atoms with Crippen LogP contribution in [0.3, 0.4) is 0 Å². The zero-order chi connectivity index (χ0) is 9.80. The van der Waals surface area contributed by atoms with Crippen molar-refractivity contribution >= 4 is 28.2 Å². The van der Waals surface area contributed by atoms with Crippen LogP contribution in [-0.2, 0) is 5.75 Å². The van der Waals surface area contributed by atoms with Gasteiger partial charge < -0.3 is 5.73 Å². The highest BCUT2D eigenvalue weighted by Crippen LogP contribution is 2.26. The van der Waals surface area contributed by atoms with Gasteiger partial charge in [0.25, 0.3) is 0 Å². The van der Waals surface area contributed by atoms with Crippen LogP contribution in [0.1, 0.15) is 5.56 Å². The first-order valence-corrected chi connectivity index (χ1v) is 5.90. The summed E-state index contributed by atoms with van der Waals surface area (Å²) in [7, 11) is 0. The molecule has 2 N–H and O–H groups in total. The van der Waals surface area contributed by atoms with Crippen molar-refractivity contribution in [3.63, 3.8) is 0 Å². The van der Waals surface area contributed by atoms with Crippen molar-refractivity contribution < 1.29 is 0 Å². The Balaban J connectivity index is 1.95. The normalized spacial score (nSPS) is 10.3. The molecular weight excluding hydrogens is 214 g/mol. The van der Waals surface area contributed by atoms with Crippen LogP contribution in [0.4, 0.5) is 5.13 Å². The molecule has 0 aliphatic rings. The summed E-state index contributed by atoms with van der Waals surface area (Å²) in [5, 5.41) is 8.22. The fourth-order valence-corrected chi connectivity index (χ4v) is 2.59. The molecule has 2 aromatic rings. The molecule has 0 saturated carbocycles. The Labute approximate surface area is 90.4 Å². The van der Waals surface area contributed by atoms with Crippen LogP contribution in [0, 0.1) is 0 Å². The van der Waals surface area contributed by atoms with Gasteiger partial charge in [0.1, 0.15) is 0 Å². The van der Waals surface area contributed by atoms with E-state index in [1.54, 1.807) is 11.8 Å². The van der Waals surface area contributed by atoms with Gasteiger partial charge >= 0.3 is 0 Å². The Morgan fingerprint density at radius 2 is 2.00 bits per heavy atom. The lowest BCUT2D eigenvalue weighted by atomic mass is 10.2. The maximum Gasteiger partial charge on any atom is 0.203 e. The number of hydrogen-bond donors (Lipinski definition) is 1. The first-order chi connectivity index (χ1) is 6.84. The minimum Gasteiger partial charge on any atom is -0.374 e. The molecule has 0 unspecified atom stereocenters. The fourth-order valence-electron chi connectivity index (χ4n) is 0.998. The maximum atomic E-state index is 5.48. The third-order valence-corrected chi connectivity index (χ3v) is 3.58. The molecule has 72 valence electrons. The number of anilines is 1. The summed E-state index contributed by atoms with van der Waals surface area (Å²) in [6.07, 6.45) is 0. The second kappa shape index (κ2) is 4.43. The van der Waals surface area contributed by atoms with Crippen LogP contribution in [-0.4, -0.2) is 10.2 Å². The van der Waals surface area contributed by atoms with E-state index in [1.165, 1.54) is 16.9 Å². The number of thioether (sulfide) groups is 1. The summed E-state index contributed by atoms with van der Waals surface area (Å²) >= 11 is 3.08. The largest absolute Gasteiger partial charge is 0.374 e. The van der Waals surface area contributed by atoms with Crippen molar-refractivity contribution in [2.24, 2.45) is 0 Å². The Kier molecular flexibility index (Phi) is 3.00. The van der Waals surface area contributed by atoms with Crippen LogP contribution in [0.2, 0.25) is 0 Å². The summed E-state index contributed by atoms with van der Waals surface area (Å²) in [6.45, 7) is 0. The molecule has 0 bridgehead atoms. The third-order valence-electron chi connectivity index (χ3n) is 1.63. The molecule has 1 aromatic heterocycles. The summed E-state index contributed by atoms with van der Waals surface area (Å²) in [5.41, 5.74) is 6.76. The second-order valence-corrected chi connectivity index (χ2v) is 4.91. The molecule has 0 radical (unpaired) electrons.